The van der Waals surface area contributed by atoms with Crippen LogP contribution in [0.15, 0.2) is 0 Å². The van der Waals surface area contributed by atoms with Gasteiger partial charge in [-0.25, -0.2) is 20.6 Å². The van der Waals surface area contributed by atoms with Gasteiger partial charge in [-0.05, 0) is 27.7 Å². The van der Waals surface area contributed by atoms with Crippen LogP contribution in [0.1, 0.15) is 40.7 Å². The minimum absolute atomic E-state index is 0.270. The van der Waals surface area contributed by atoms with Gasteiger partial charge in [0.05, 0.1) is 28.5 Å². The zero-order valence-electron chi connectivity index (χ0n) is 15.4. The summed E-state index contributed by atoms with van der Waals surface area (Å²) in [7, 11) is 2.00. The molecule has 153 valence electrons. The zero-order valence-corrected chi connectivity index (χ0v) is 22.7. The molecule has 9 nitrogen and oxygen atoms in total. The fourth-order valence-electron chi connectivity index (χ4n) is 1.62. The zero-order chi connectivity index (χ0) is 21.6. The van der Waals surface area contributed by atoms with E-state index in [0.29, 0.717) is 19.2 Å². The van der Waals surface area contributed by atoms with Crippen LogP contribution in [0, 0.1) is 27.7 Å². The summed E-state index contributed by atoms with van der Waals surface area (Å²) < 4.78 is 4.56. The first-order valence-electron chi connectivity index (χ1n) is 6.94. The second-order valence-corrected chi connectivity index (χ2v) is 18.5. The van der Waals surface area contributed by atoms with Crippen LogP contribution >= 0.6 is 62.6 Å². The van der Waals surface area contributed by atoms with Crippen LogP contribution in [-0.2, 0) is 14.2 Å². The van der Waals surface area contributed by atoms with Gasteiger partial charge < -0.3 is 4.74 Å². The molecule has 14 heteroatoms. The summed E-state index contributed by atoms with van der Waals surface area (Å²) in [6, 6.07) is 0. The standard InChI is InChI=1S/C7H9NO2S.C6H9N3OS.2HI.H4N2.V/c1-4-6(7(9)10-3)11-5(2)8-4;1-3-5(6(10)9-7)11-4(2)8-3;;;1-2;/h1-3H3;7H2,1-2H3,(H,9,10);2*1H;1-2H2;/q;;;;;+2/p-2. The van der Waals surface area contributed by atoms with Gasteiger partial charge in [-0.3, -0.25) is 21.9 Å². The number of nitrogens with two attached hydrogens (primary N) is 3. The van der Waals surface area contributed by atoms with Crippen molar-refractivity contribution >= 4 is 74.5 Å². The molecule has 2 aromatic rings. The molecule has 7 N–H and O–H groups in total. The Hall–Kier alpha value is 0.124. The van der Waals surface area contributed by atoms with Gasteiger partial charge in [0.15, 0.2) is 0 Å². The molecular formula is C13H22I2N6O3S2V. The Kier molecular flexibility index (Phi) is 18.5. The van der Waals surface area contributed by atoms with E-state index in [1.165, 1.54) is 29.8 Å². The number of halogens is 2. The average Bonchev–Trinajstić information content (AvgIpc) is 3.16. The van der Waals surface area contributed by atoms with Crippen molar-refractivity contribution in [2.24, 2.45) is 17.5 Å². The van der Waals surface area contributed by atoms with Gasteiger partial charge in [0, 0.05) is 0 Å². The van der Waals surface area contributed by atoms with Crippen LogP contribution in [0.5, 0.6) is 0 Å². The maximum absolute atomic E-state index is 11.0. The quantitative estimate of drug-likeness (QED) is 0.124. The molecular weight excluding hydrogens is 657 g/mol. The van der Waals surface area contributed by atoms with E-state index >= 15 is 0 Å². The summed E-state index contributed by atoms with van der Waals surface area (Å²) in [4.78, 5) is 31.3. The molecule has 0 aliphatic heterocycles. The molecule has 0 aromatic carbocycles. The number of aryl methyl sites for hydroxylation is 4. The SMILES string of the molecule is COC(=O)c1sc(C)nc1C.Cc1nc(C)c(C(=O)NN)s1.NN.[I][V][I]. The molecule has 0 spiro atoms. The molecule has 0 unspecified atom stereocenters. The van der Waals surface area contributed by atoms with Crippen molar-refractivity contribution in [2.45, 2.75) is 27.7 Å². The maximum atomic E-state index is 11.0. The van der Waals surface area contributed by atoms with E-state index in [0.717, 1.165) is 21.4 Å². The van der Waals surface area contributed by atoms with Crippen LogP contribution in [0.3, 0.4) is 0 Å². The fraction of sp³-hybridized carbons (Fsp3) is 0.385. The van der Waals surface area contributed by atoms with E-state index in [1.54, 1.807) is 13.8 Å². The third-order valence-corrected chi connectivity index (χ3v) is 4.64. The molecule has 2 rings (SSSR count). The molecule has 27 heavy (non-hydrogen) atoms. The summed E-state index contributed by atoms with van der Waals surface area (Å²) in [5, 5.41) is 1.77. The number of amides is 1. The number of nitrogens with zero attached hydrogens (tertiary/aromatic N) is 2. The summed E-state index contributed by atoms with van der Waals surface area (Å²) >= 11 is 7.44. The van der Waals surface area contributed by atoms with Crippen molar-refractivity contribution in [3.8, 4) is 0 Å². The minimum atomic E-state index is -0.298. The second kappa shape index (κ2) is 17.0. The molecule has 0 aliphatic carbocycles. The number of hydrazine groups is 2. The van der Waals surface area contributed by atoms with Crippen LogP contribution < -0.4 is 23.0 Å². The Morgan fingerprint density at radius 3 is 1.63 bits per heavy atom. The van der Waals surface area contributed by atoms with Crippen molar-refractivity contribution in [2.75, 3.05) is 7.11 Å². The monoisotopic (exact) mass is 679 g/mol. The first-order chi connectivity index (χ1) is 12.7. The number of hydrogen-bond donors (Lipinski definition) is 4. The molecule has 1 amide bonds. The normalized spacial score (nSPS) is 8.67. The molecule has 2 aromatic heterocycles. The van der Waals surface area contributed by atoms with Gasteiger partial charge in [-0.15, -0.1) is 22.7 Å². The number of carbonyl (C=O) groups excluding carboxylic acids is 2. The molecule has 0 saturated heterocycles. The number of esters is 1. The molecule has 0 saturated carbocycles. The number of aromatic nitrogens is 2. The summed E-state index contributed by atoms with van der Waals surface area (Å²) in [5.74, 6) is 12.4. The first-order valence-corrected chi connectivity index (χ1v) is 17.6. The van der Waals surface area contributed by atoms with E-state index < -0.39 is 0 Å². The second-order valence-electron chi connectivity index (χ2n) is 4.32. The number of ether oxygens (including phenoxy) is 1. The predicted octanol–water partition coefficient (Wildman–Crippen LogP) is 2.50. The molecule has 0 bridgehead atoms. The summed E-state index contributed by atoms with van der Waals surface area (Å²) in [5.41, 5.74) is 3.55. The van der Waals surface area contributed by atoms with Crippen molar-refractivity contribution in [3.05, 3.63) is 31.2 Å². The Morgan fingerprint density at radius 1 is 1.00 bits per heavy atom. The number of methoxy groups -OCH3 is 1. The number of carbonyl (C=O) groups is 2. The van der Waals surface area contributed by atoms with Crippen molar-refractivity contribution in [1.82, 2.24) is 15.4 Å². The van der Waals surface area contributed by atoms with Crippen LogP contribution in [0.25, 0.3) is 0 Å². The van der Waals surface area contributed by atoms with Crippen LogP contribution in [0.4, 0.5) is 0 Å². The number of thiazole rings is 2. The van der Waals surface area contributed by atoms with Gasteiger partial charge in [0.25, 0.3) is 5.91 Å². The van der Waals surface area contributed by atoms with Gasteiger partial charge in [0.2, 0.25) is 0 Å². The van der Waals surface area contributed by atoms with Crippen molar-refractivity contribution in [3.63, 3.8) is 0 Å². The van der Waals surface area contributed by atoms with Gasteiger partial charge in [-0.2, -0.15) is 0 Å². The van der Waals surface area contributed by atoms with Crippen LogP contribution in [-0.4, -0.2) is 29.0 Å². The van der Waals surface area contributed by atoms with E-state index in [9.17, 15) is 9.59 Å². The van der Waals surface area contributed by atoms with Gasteiger partial charge >= 0.3 is 55.4 Å². The Labute approximate surface area is 195 Å². The number of nitrogens with one attached hydrogen (secondary N) is 1. The molecule has 0 radical (unpaired) electrons. The first kappa shape index (κ1) is 29.3. The number of rotatable bonds is 2. The predicted molar refractivity (Wildman–Crippen MR) is 123 cm³/mol. The number of nitrogen functional groups attached to an aromatic ring is 1. The van der Waals surface area contributed by atoms with E-state index in [4.69, 9.17) is 5.84 Å². The molecule has 0 aliphatic rings. The van der Waals surface area contributed by atoms with Crippen LogP contribution in [0.2, 0.25) is 0 Å². The van der Waals surface area contributed by atoms with E-state index in [2.05, 4.69) is 71.8 Å². The Bertz CT molecular complexity index is 656. The van der Waals surface area contributed by atoms with Gasteiger partial charge in [-0.1, -0.05) is 0 Å². The molecule has 0 atom stereocenters. The summed E-state index contributed by atoms with van der Waals surface area (Å²) in [6.45, 7) is 7.30. The Balaban J connectivity index is 0. The topological polar surface area (TPSA) is 159 Å². The third kappa shape index (κ3) is 11.7. The summed E-state index contributed by atoms with van der Waals surface area (Å²) in [6.07, 6.45) is 0. The van der Waals surface area contributed by atoms with E-state index in [1.807, 2.05) is 13.8 Å². The van der Waals surface area contributed by atoms with Crippen molar-refractivity contribution < 1.29 is 23.8 Å². The Morgan fingerprint density at radius 2 is 1.37 bits per heavy atom. The van der Waals surface area contributed by atoms with Crippen molar-refractivity contribution in [1.29, 1.82) is 0 Å². The molecule has 2 heterocycles. The average molecular weight is 679 g/mol. The van der Waals surface area contributed by atoms with Gasteiger partial charge in [0.1, 0.15) is 9.75 Å². The number of hydrogen-bond acceptors (Lipinski definition) is 10. The fourth-order valence-corrected chi connectivity index (χ4v) is 3.28. The third-order valence-electron chi connectivity index (χ3n) is 2.52. The van der Waals surface area contributed by atoms with E-state index in [-0.39, 0.29) is 11.9 Å². The molecule has 0 fully saturated rings.